The molecule has 0 aliphatic carbocycles. The molecule has 5 nitrogen and oxygen atoms in total. The minimum absolute atomic E-state index is 0.359. The van der Waals surface area contributed by atoms with E-state index < -0.39 is 6.04 Å². The van der Waals surface area contributed by atoms with Crippen molar-refractivity contribution in [2.75, 3.05) is 0 Å². The Morgan fingerprint density at radius 3 is 3.20 bits per heavy atom. The Kier molecular flexibility index (Phi) is 2.52. The number of terminal acetylenes is 1. The van der Waals surface area contributed by atoms with Crippen molar-refractivity contribution < 1.29 is 4.52 Å². The highest BCUT2D eigenvalue weighted by Crippen LogP contribution is 2.16. The van der Waals surface area contributed by atoms with E-state index in [1.165, 1.54) is 0 Å². The Hall–Kier alpha value is -2.06. The molecular formula is C10H10N4O. The Morgan fingerprint density at radius 1 is 1.67 bits per heavy atom. The summed E-state index contributed by atoms with van der Waals surface area (Å²) in [4.78, 5) is 7.11. The number of H-pyrrole nitrogens is 1. The summed E-state index contributed by atoms with van der Waals surface area (Å²) in [5.41, 5.74) is 6.51. The molecule has 0 amide bonds. The van der Waals surface area contributed by atoms with Crippen LogP contribution in [0.4, 0.5) is 0 Å². The highest BCUT2D eigenvalue weighted by Gasteiger charge is 2.14. The van der Waals surface area contributed by atoms with Crippen molar-refractivity contribution in [1.82, 2.24) is 15.1 Å². The molecule has 1 unspecified atom stereocenters. The maximum Gasteiger partial charge on any atom is 0.244 e. The molecular weight excluding hydrogens is 192 g/mol. The van der Waals surface area contributed by atoms with Gasteiger partial charge in [-0.25, -0.2) is 0 Å². The summed E-state index contributed by atoms with van der Waals surface area (Å²) in [5.74, 6) is 3.30. The van der Waals surface area contributed by atoms with Crippen molar-refractivity contribution >= 4 is 0 Å². The Labute approximate surface area is 86.7 Å². The quantitative estimate of drug-likeness (QED) is 0.730. The summed E-state index contributed by atoms with van der Waals surface area (Å²) >= 11 is 0. The van der Waals surface area contributed by atoms with Gasteiger partial charge < -0.3 is 15.2 Å². The van der Waals surface area contributed by atoms with Crippen LogP contribution < -0.4 is 5.73 Å². The second-order valence-corrected chi connectivity index (χ2v) is 3.05. The van der Waals surface area contributed by atoms with Gasteiger partial charge in [-0.2, -0.15) is 4.98 Å². The average molecular weight is 202 g/mol. The predicted molar refractivity (Wildman–Crippen MR) is 54.5 cm³/mol. The van der Waals surface area contributed by atoms with Crippen LogP contribution in [-0.4, -0.2) is 15.1 Å². The van der Waals surface area contributed by atoms with Crippen molar-refractivity contribution in [3.8, 4) is 23.9 Å². The van der Waals surface area contributed by atoms with E-state index in [1.807, 2.05) is 12.1 Å². The lowest BCUT2D eigenvalue weighted by Crippen LogP contribution is -2.09. The van der Waals surface area contributed by atoms with E-state index in [1.54, 1.807) is 6.20 Å². The predicted octanol–water partition coefficient (Wildman–Crippen LogP) is 1.09. The van der Waals surface area contributed by atoms with E-state index in [0.29, 0.717) is 18.1 Å². The Morgan fingerprint density at radius 2 is 2.53 bits per heavy atom. The zero-order valence-electron chi connectivity index (χ0n) is 7.97. The normalized spacial score (nSPS) is 12.3. The second-order valence-electron chi connectivity index (χ2n) is 3.05. The van der Waals surface area contributed by atoms with Crippen molar-refractivity contribution in [1.29, 1.82) is 0 Å². The Balaban J connectivity index is 2.22. The molecule has 0 aromatic carbocycles. The molecule has 3 N–H and O–H groups in total. The number of nitrogens with zero attached hydrogens (tertiary/aromatic N) is 2. The number of hydrogen-bond donors (Lipinski definition) is 2. The summed E-state index contributed by atoms with van der Waals surface area (Å²) in [7, 11) is 0. The third-order valence-corrected chi connectivity index (χ3v) is 1.94. The van der Waals surface area contributed by atoms with Crippen molar-refractivity contribution in [2.24, 2.45) is 5.73 Å². The van der Waals surface area contributed by atoms with Gasteiger partial charge in [0.25, 0.3) is 0 Å². The van der Waals surface area contributed by atoms with Gasteiger partial charge in [-0.1, -0.05) is 5.16 Å². The molecule has 2 heterocycles. The first-order chi connectivity index (χ1) is 7.31. The monoisotopic (exact) mass is 202 g/mol. The molecule has 2 rings (SSSR count). The van der Waals surface area contributed by atoms with E-state index in [2.05, 4.69) is 21.0 Å². The molecule has 0 fully saturated rings. The van der Waals surface area contributed by atoms with Gasteiger partial charge >= 0.3 is 0 Å². The molecule has 0 spiro atoms. The van der Waals surface area contributed by atoms with Gasteiger partial charge in [0.2, 0.25) is 11.7 Å². The van der Waals surface area contributed by atoms with Crippen LogP contribution in [0.2, 0.25) is 0 Å². The largest absolute Gasteiger partial charge is 0.359 e. The summed E-state index contributed by atoms with van der Waals surface area (Å²) in [6.45, 7) is 0. The number of rotatable bonds is 3. The maximum absolute atomic E-state index is 5.72. The van der Waals surface area contributed by atoms with Crippen LogP contribution in [0.5, 0.6) is 0 Å². The highest BCUT2D eigenvalue weighted by molar-refractivity contribution is 5.47. The fourth-order valence-corrected chi connectivity index (χ4v) is 1.18. The van der Waals surface area contributed by atoms with Crippen LogP contribution in [0.1, 0.15) is 18.4 Å². The zero-order chi connectivity index (χ0) is 10.7. The topological polar surface area (TPSA) is 80.7 Å². The van der Waals surface area contributed by atoms with Gasteiger partial charge in [0.05, 0.1) is 11.7 Å². The van der Waals surface area contributed by atoms with Crippen LogP contribution in [0.3, 0.4) is 0 Å². The van der Waals surface area contributed by atoms with Crippen LogP contribution >= 0.6 is 0 Å². The molecule has 0 aliphatic heterocycles. The molecule has 76 valence electrons. The van der Waals surface area contributed by atoms with Crippen molar-refractivity contribution in [2.45, 2.75) is 12.5 Å². The van der Waals surface area contributed by atoms with Gasteiger partial charge in [-0.15, -0.1) is 12.3 Å². The first-order valence-electron chi connectivity index (χ1n) is 4.47. The van der Waals surface area contributed by atoms with E-state index in [4.69, 9.17) is 16.7 Å². The highest BCUT2D eigenvalue weighted by atomic mass is 16.5. The third kappa shape index (κ3) is 1.90. The lowest BCUT2D eigenvalue weighted by atomic mass is 10.2. The molecule has 0 saturated carbocycles. The molecule has 1 atom stereocenters. The van der Waals surface area contributed by atoms with Crippen molar-refractivity contribution in [3.63, 3.8) is 0 Å². The zero-order valence-corrected chi connectivity index (χ0v) is 7.97. The van der Waals surface area contributed by atoms with Gasteiger partial charge in [0.15, 0.2) is 0 Å². The number of aromatic amines is 1. The number of nitrogens with two attached hydrogens (primary N) is 1. The van der Waals surface area contributed by atoms with Crippen molar-refractivity contribution in [3.05, 3.63) is 24.2 Å². The number of aromatic nitrogens is 3. The van der Waals surface area contributed by atoms with Crippen LogP contribution in [-0.2, 0) is 0 Å². The summed E-state index contributed by atoms with van der Waals surface area (Å²) < 4.78 is 5.00. The van der Waals surface area contributed by atoms with Gasteiger partial charge in [0, 0.05) is 12.6 Å². The SMILES string of the molecule is C#CCC(N)c1nc(-c2ccc[nH]2)no1. The average Bonchev–Trinajstić information content (AvgIpc) is 2.89. The third-order valence-electron chi connectivity index (χ3n) is 1.94. The molecule has 0 bridgehead atoms. The van der Waals surface area contributed by atoms with Crippen LogP contribution in [0.25, 0.3) is 11.5 Å². The first kappa shape index (κ1) is 9.49. The van der Waals surface area contributed by atoms with Gasteiger partial charge in [-0.05, 0) is 12.1 Å². The van der Waals surface area contributed by atoms with E-state index in [9.17, 15) is 0 Å². The lowest BCUT2D eigenvalue weighted by molar-refractivity contribution is 0.356. The molecule has 5 heteroatoms. The van der Waals surface area contributed by atoms with E-state index in [0.717, 1.165) is 5.69 Å². The van der Waals surface area contributed by atoms with Gasteiger partial charge in [0.1, 0.15) is 0 Å². The second kappa shape index (κ2) is 3.98. The van der Waals surface area contributed by atoms with Gasteiger partial charge in [-0.3, -0.25) is 0 Å². The minimum Gasteiger partial charge on any atom is -0.359 e. The molecule has 2 aromatic heterocycles. The molecule has 15 heavy (non-hydrogen) atoms. The Bertz CT molecular complexity index is 466. The fourth-order valence-electron chi connectivity index (χ4n) is 1.18. The minimum atomic E-state index is -0.397. The molecule has 2 aromatic rings. The fraction of sp³-hybridized carbons (Fsp3) is 0.200. The summed E-state index contributed by atoms with van der Waals surface area (Å²) in [5, 5.41) is 3.80. The molecule has 0 aliphatic rings. The standard InChI is InChI=1S/C10H10N4O/c1-2-4-7(11)10-13-9(14-15-10)8-5-3-6-12-8/h1,3,5-7,12H,4,11H2. The molecule has 0 radical (unpaired) electrons. The van der Waals surface area contributed by atoms with E-state index in [-0.39, 0.29) is 0 Å². The summed E-state index contributed by atoms with van der Waals surface area (Å²) in [6.07, 6.45) is 7.31. The smallest absolute Gasteiger partial charge is 0.244 e. The van der Waals surface area contributed by atoms with Crippen LogP contribution in [0.15, 0.2) is 22.9 Å². The maximum atomic E-state index is 5.72. The number of nitrogens with one attached hydrogen (secondary N) is 1. The molecule has 0 saturated heterocycles. The van der Waals surface area contributed by atoms with Crippen LogP contribution in [0, 0.1) is 12.3 Å². The number of hydrogen-bond acceptors (Lipinski definition) is 4. The van der Waals surface area contributed by atoms with E-state index >= 15 is 0 Å². The first-order valence-corrected chi connectivity index (χ1v) is 4.47. The summed E-state index contributed by atoms with van der Waals surface area (Å²) in [6, 6.07) is 3.31. The lowest BCUT2D eigenvalue weighted by Gasteiger charge is -1.98.